The lowest BCUT2D eigenvalue weighted by Crippen LogP contribution is -2.53. The number of hydrogen-bond acceptors (Lipinski definition) is 4. The Labute approximate surface area is 121 Å². The summed E-state index contributed by atoms with van der Waals surface area (Å²) in [4.78, 5) is 27.8. The third-order valence-electron chi connectivity index (χ3n) is 3.33. The van der Waals surface area contributed by atoms with E-state index in [-0.39, 0.29) is 24.4 Å². The van der Waals surface area contributed by atoms with Crippen molar-refractivity contribution in [3.63, 3.8) is 0 Å². The number of nitrogens with one attached hydrogen (secondary N) is 2. The second-order valence-corrected chi connectivity index (χ2v) is 5.72. The zero-order chi connectivity index (χ0) is 15.1. The SMILES string of the molecule is CCN(CC(=O)NC(C)C)C(=O)CN1CCN[C@@H](C)C1. The van der Waals surface area contributed by atoms with Gasteiger partial charge in [0.25, 0.3) is 0 Å². The molecule has 1 rings (SSSR count). The van der Waals surface area contributed by atoms with Gasteiger partial charge in [-0.2, -0.15) is 0 Å². The molecule has 0 aliphatic carbocycles. The van der Waals surface area contributed by atoms with Gasteiger partial charge in [0.2, 0.25) is 11.8 Å². The van der Waals surface area contributed by atoms with E-state index >= 15 is 0 Å². The fourth-order valence-corrected chi connectivity index (χ4v) is 2.36. The predicted molar refractivity (Wildman–Crippen MR) is 79.4 cm³/mol. The maximum atomic E-state index is 12.3. The number of amides is 2. The number of carbonyl (C=O) groups excluding carboxylic acids is 2. The lowest BCUT2D eigenvalue weighted by molar-refractivity contribution is -0.137. The van der Waals surface area contributed by atoms with Gasteiger partial charge in [-0.1, -0.05) is 0 Å². The predicted octanol–water partition coefficient (Wildman–Crippen LogP) is -0.347. The van der Waals surface area contributed by atoms with Crippen molar-refractivity contribution >= 4 is 11.8 Å². The highest BCUT2D eigenvalue weighted by Gasteiger charge is 2.22. The Morgan fingerprint density at radius 3 is 2.70 bits per heavy atom. The van der Waals surface area contributed by atoms with E-state index < -0.39 is 0 Å². The van der Waals surface area contributed by atoms with Crippen molar-refractivity contribution in [2.24, 2.45) is 0 Å². The molecule has 1 saturated heterocycles. The Morgan fingerprint density at radius 2 is 2.15 bits per heavy atom. The Hall–Kier alpha value is -1.14. The molecule has 0 aromatic carbocycles. The van der Waals surface area contributed by atoms with E-state index in [9.17, 15) is 9.59 Å². The molecule has 0 spiro atoms. The summed E-state index contributed by atoms with van der Waals surface area (Å²) in [5.41, 5.74) is 0. The summed E-state index contributed by atoms with van der Waals surface area (Å²) in [6.07, 6.45) is 0. The van der Waals surface area contributed by atoms with Crippen LogP contribution >= 0.6 is 0 Å². The van der Waals surface area contributed by atoms with Crippen LogP contribution < -0.4 is 10.6 Å². The van der Waals surface area contributed by atoms with Gasteiger partial charge in [-0.15, -0.1) is 0 Å². The molecule has 0 aromatic rings. The van der Waals surface area contributed by atoms with Gasteiger partial charge < -0.3 is 15.5 Å². The monoisotopic (exact) mass is 284 g/mol. The average Bonchev–Trinajstić information content (AvgIpc) is 2.34. The van der Waals surface area contributed by atoms with Gasteiger partial charge in [-0.25, -0.2) is 0 Å². The Kier molecular flexibility index (Phi) is 6.95. The highest BCUT2D eigenvalue weighted by molar-refractivity contribution is 5.85. The summed E-state index contributed by atoms with van der Waals surface area (Å²) >= 11 is 0. The number of piperazine rings is 1. The minimum absolute atomic E-state index is 0.0282. The minimum Gasteiger partial charge on any atom is -0.352 e. The average molecular weight is 284 g/mol. The number of carbonyl (C=O) groups is 2. The van der Waals surface area contributed by atoms with Crippen molar-refractivity contribution in [2.75, 3.05) is 39.3 Å². The van der Waals surface area contributed by atoms with Gasteiger partial charge in [-0.05, 0) is 27.7 Å². The second-order valence-electron chi connectivity index (χ2n) is 5.72. The summed E-state index contributed by atoms with van der Waals surface area (Å²) in [6.45, 7) is 11.6. The Balaban J connectivity index is 2.43. The second kappa shape index (κ2) is 8.21. The lowest BCUT2D eigenvalue weighted by atomic mass is 10.2. The fourth-order valence-electron chi connectivity index (χ4n) is 2.36. The first-order valence-electron chi connectivity index (χ1n) is 7.45. The van der Waals surface area contributed by atoms with Crippen molar-refractivity contribution in [2.45, 2.75) is 39.8 Å². The summed E-state index contributed by atoms with van der Waals surface area (Å²) < 4.78 is 0. The van der Waals surface area contributed by atoms with E-state index in [2.05, 4.69) is 22.5 Å². The molecular formula is C14H28N4O2. The van der Waals surface area contributed by atoms with Crippen LogP contribution in [0, 0.1) is 0 Å². The van der Waals surface area contributed by atoms with Gasteiger partial charge in [0.1, 0.15) is 0 Å². The van der Waals surface area contributed by atoms with Gasteiger partial charge in [0.15, 0.2) is 0 Å². The topological polar surface area (TPSA) is 64.7 Å². The molecule has 0 bridgehead atoms. The molecule has 1 heterocycles. The van der Waals surface area contributed by atoms with E-state index in [0.717, 1.165) is 19.6 Å². The van der Waals surface area contributed by atoms with Gasteiger partial charge in [-0.3, -0.25) is 14.5 Å². The number of nitrogens with zero attached hydrogens (tertiary/aromatic N) is 2. The first-order chi connectivity index (χ1) is 9.42. The Bertz CT molecular complexity index is 333. The van der Waals surface area contributed by atoms with Crippen LogP contribution in [0.25, 0.3) is 0 Å². The third kappa shape index (κ3) is 5.88. The van der Waals surface area contributed by atoms with Crippen LogP contribution in [0.5, 0.6) is 0 Å². The lowest BCUT2D eigenvalue weighted by Gasteiger charge is -2.32. The van der Waals surface area contributed by atoms with Crippen molar-refractivity contribution in [1.29, 1.82) is 0 Å². The van der Waals surface area contributed by atoms with E-state index in [1.807, 2.05) is 20.8 Å². The van der Waals surface area contributed by atoms with Crippen LogP contribution in [0.4, 0.5) is 0 Å². The van der Waals surface area contributed by atoms with Crippen LogP contribution in [0.1, 0.15) is 27.7 Å². The molecule has 1 aliphatic rings. The van der Waals surface area contributed by atoms with E-state index in [0.29, 0.717) is 19.1 Å². The maximum Gasteiger partial charge on any atom is 0.239 e. The van der Waals surface area contributed by atoms with Gasteiger partial charge >= 0.3 is 0 Å². The highest BCUT2D eigenvalue weighted by atomic mass is 16.2. The van der Waals surface area contributed by atoms with Gasteiger partial charge in [0.05, 0.1) is 13.1 Å². The summed E-state index contributed by atoms with van der Waals surface area (Å²) in [7, 11) is 0. The molecule has 116 valence electrons. The van der Waals surface area contributed by atoms with Crippen LogP contribution in [0.15, 0.2) is 0 Å². The first-order valence-corrected chi connectivity index (χ1v) is 7.45. The number of hydrogen-bond donors (Lipinski definition) is 2. The Morgan fingerprint density at radius 1 is 1.45 bits per heavy atom. The standard InChI is InChI=1S/C14H28N4O2/c1-5-18(9-13(19)16-11(2)3)14(20)10-17-7-6-15-12(4)8-17/h11-12,15H,5-10H2,1-4H3,(H,16,19)/t12-/m0/s1. The van der Waals surface area contributed by atoms with E-state index in [1.54, 1.807) is 4.90 Å². The molecule has 6 nitrogen and oxygen atoms in total. The van der Waals surface area contributed by atoms with Crippen LogP contribution in [0.2, 0.25) is 0 Å². The van der Waals surface area contributed by atoms with Crippen molar-refractivity contribution in [1.82, 2.24) is 20.4 Å². The third-order valence-corrected chi connectivity index (χ3v) is 3.33. The largest absolute Gasteiger partial charge is 0.352 e. The molecule has 0 unspecified atom stereocenters. The van der Waals surface area contributed by atoms with E-state index in [1.165, 1.54) is 0 Å². The first kappa shape index (κ1) is 16.9. The molecular weight excluding hydrogens is 256 g/mol. The highest BCUT2D eigenvalue weighted by Crippen LogP contribution is 2.00. The smallest absolute Gasteiger partial charge is 0.239 e. The van der Waals surface area contributed by atoms with Gasteiger partial charge in [0, 0.05) is 38.3 Å². The molecule has 1 atom stereocenters. The fraction of sp³-hybridized carbons (Fsp3) is 0.857. The maximum absolute atomic E-state index is 12.3. The summed E-state index contributed by atoms with van der Waals surface area (Å²) in [5, 5.41) is 6.17. The molecule has 0 radical (unpaired) electrons. The van der Waals surface area contributed by atoms with Crippen molar-refractivity contribution in [3.8, 4) is 0 Å². The molecule has 2 N–H and O–H groups in total. The molecule has 0 saturated carbocycles. The minimum atomic E-state index is -0.0936. The normalized spacial score (nSPS) is 19.9. The quantitative estimate of drug-likeness (QED) is 0.700. The van der Waals surface area contributed by atoms with Crippen LogP contribution in [-0.2, 0) is 9.59 Å². The van der Waals surface area contributed by atoms with Crippen LogP contribution in [-0.4, -0.2) is 73.0 Å². The molecule has 1 fully saturated rings. The van der Waals surface area contributed by atoms with Crippen molar-refractivity contribution < 1.29 is 9.59 Å². The number of rotatable bonds is 6. The zero-order valence-electron chi connectivity index (χ0n) is 13.1. The molecule has 0 aromatic heterocycles. The molecule has 6 heteroatoms. The number of likely N-dealkylation sites (N-methyl/N-ethyl adjacent to an activating group) is 1. The van der Waals surface area contributed by atoms with E-state index in [4.69, 9.17) is 0 Å². The zero-order valence-corrected chi connectivity index (χ0v) is 13.1. The summed E-state index contributed by atoms with van der Waals surface area (Å²) in [5.74, 6) is -0.0654. The molecule has 2 amide bonds. The molecule has 1 aliphatic heterocycles. The molecule has 20 heavy (non-hydrogen) atoms. The van der Waals surface area contributed by atoms with Crippen molar-refractivity contribution in [3.05, 3.63) is 0 Å². The summed E-state index contributed by atoms with van der Waals surface area (Å²) in [6, 6.07) is 0.515. The van der Waals surface area contributed by atoms with Crippen LogP contribution in [0.3, 0.4) is 0 Å².